The molecule has 0 bridgehead atoms. The molecule has 35 heavy (non-hydrogen) atoms. The van der Waals surface area contributed by atoms with E-state index in [1.165, 1.54) is 24.6 Å². The molecule has 0 aromatic carbocycles. The van der Waals surface area contributed by atoms with E-state index in [9.17, 15) is 9.59 Å². The second kappa shape index (κ2) is 13.9. The molecule has 2 unspecified atom stereocenters. The molecule has 0 saturated heterocycles. The molecule has 0 saturated carbocycles. The van der Waals surface area contributed by atoms with Crippen molar-refractivity contribution in [3.63, 3.8) is 0 Å². The molecule has 8 nitrogen and oxygen atoms in total. The Hall–Kier alpha value is -2.00. The topological polar surface area (TPSA) is 87.6 Å². The van der Waals surface area contributed by atoms with E-state index in [1.807, 2.05) is 27.7 Å². The molecule has 2 rings (SSSR count). The maximum absolute atomic E-state index is 12.5. The van der Waals surface area contributed by atoms with Crippen molar-refractivity contribution >= 4 is 29.2 Å². The number of hydrogen-bond acceptors (Lipinski definition) is 8. The summed E-state index contributed by atoms with van der Waals surface area (Å²) in [5, 5.41) is 0. The fourth-order valence-corrected chi connectivity index (χ4v) is 4.56. The van der Waals surface area contributed by atoms with Gasteiger partial charge in [-0.1, -0.05) is 32.3 Å². The summed E-state index contributed by atoms with van der Waals surface area (Å²) in [5.74, 6) is 0.148. The molecule has 2 heterocycles. The van der Waals surface area contributed by atoms with E-state index >= 15 is 0 Å². The molecule has 1 aromatic heterocycles. The van der Waals surface area contributed by atoms with Crippen LogP contribution in [0.3, 0.4) is 0 Å². The van der Waals surface area contributed by atoms with E-state index in [0.29, 0.717) is 49.2 Å². The van der Waals surface area contributed by atoms with Gasteiger partial charge in [0.25, 0.3) is 5.88 Å². The first-order chi connectivity index (χ1) is 16.5. The predicted molar refractivity (Wildman–Crippen MR) is 138 cm³/mol. The highest BCUT2D eigenvalue weighted by atomic mass is 32.1. The smallest absolute Gasteiger partial charge is 0.310 e. The van der Waals surface area contributed by atoms with Crippen LogP contribution in [-0.4, -0.2) is 63.7 Å². The standard InChI is InChI=1S/C26H44N3O5S/c1-7-8-9-12-18-32-25-24(27-35-28-25)21-14-13-17-29(6,19-21)20(2)33-22(30)15-10-11-16-23(31)34-26(3,4)5/h14,20H,7-13,15-19H2,1-6H3/q+1. The van der Waals surface area contributed by atoms with Crippen molar-refractivity contribution in [3.05, 3.63) is 11.8 Å². The Labute approximate surface area is 214 Å². The minimum Gasteiger partial charge on any atom is -0.475 e. The Morgan fingerprint density at radius 3 is 2.49 bits per heavy atom. The third-order valence-corrected chi connectivity index (χ3v) is 6.68. The van der Waals surface area contributed by atoms with Crippen molar-refractivity contribution in [2.24, 2.45) is 0 Å². The lowest BCUT2D eigenvalue weighted by Gasteiger charge is -2.41. The van der Waals surface area contributed by atoms with Gasteiger partial charge in [0, 0.05) is 31.8 Å². The highest BCUT2D eigenvalue weighted by Crippen LogP contribution is 2.31. The number of carbonyl (C=O) groups excluding carboxylic acids is 2. The maximum Gasteiger partial charge on any atom is 0.310 e. The summed E-state index contributed by atoms with van der Waals surface area (Å²) in [6.07, 6.45) is 9.18. The average Bonchev–Trinajstić information content (AvgIpc) is 3.24. The molecule has 1 aliphatic heterocycles. The van der Waals surface area contributed by atoms with Crippen LogP contribution >= 0.6 is 11.7 Å². The molecule has 2 atom stereocenters. The number of unbranched alkanes of at least 4 members (excludes halogenated alkanes) is 4. The van der Waals surface area contributed by atoms with Gasteiger partial charge < -0.3 is 14.2 Å². The zero-order chi connectivity index (χ0) is 25.9. The molecule has 0 radical (unpaired) electrons. The van der Waals surface area contributed by atoms with Crippen LogP contribution in [0.25, 0.3) is 5.57 Å². The van der Waals surface area contributed by atoms with Crippen molar-refractivity contribution in [2.75, 3.05) is 26.7 Å². The predicted octanol–water partition coefficient (Wildman–Crippen LogP) is 5.52. The van der Waals surface area contributed by atoms with Crippen LogP contribution in [0, 0.1) is 0 Å². The summed E-state index contributed by atoms with van der Waals surface area (Å²) in [6.45, 7) is 11.9. The van der Waals surface area contributed by atoms with E-state index in [-0.39, 0.29) is 18.2 Å². The van der Waals surface area contributed by atoms with E-state index in [0.717, 1.165) is 37.1 Å². The minimum atomic E-state index is -0.484. The molecule has 0 fully saturated rings. The van der Waals surface area contributed by atoms with Gasteiger partial charge in [0.05, 0.1) is 31.9 Å². The second-order valence-corrected chi connectivity index (χ2v) is 11.1. The van der Waals surface area contributed by atoms with E-state index < -0.39 is 5.60 Å². The van der Waals surface area contributed by atoms with Crippen LogP contribution in [0.1, 0.15) is 98.1 Å². The lowest BCUT2D eigenvalue weighted by Crippen LogP contribution is -2.55. The highest BCUT2D eigenvalue weighted by Gasteiger charge is 2.36. The molecule has 1 aliphatic rings. The normalized spacial score (nSPS) is 19.1. The summed E-state index contributed by atoms with van der Waals surface area (Å²) in [5.41, 5.74) is 1.42. The number of carbonyl (C=O) groups is 2. The molecule has 0 spiro atoms. The molecule has 1 aromatic rings. The van der Waals surface area contributed by atoms with Gasteiger partial charge in [0.2, 0.25) is 6.23 Å². The fourth-order valence-electron chi connectivity index (χ4n) is 4.02. The maximum atomic E-state index is 12.5. The largest absolute Gasteiger partial charge is 0.475 e. The summed E-state index contributed by atoms with van der Waals surface area (Å²) in [4.78, 5) is 24.3. The number of hydrogen-bond donors (Lipinski definition) is 0. The molecular weight excluding hydrogens is 466 g/mol. The molecular formula is C26H44N3O5S+. The second-order valence-electron chi connectivity index (χ2n) is 10.6. The Balaban J connectivity index is 1.81. The van der Waals surface area contributed by atoms with Crippen molar-refractivity contribution in [3.8, 4) is 5.88 Å². The first kappa shape index (κ1) is 29.2. The Kier molecular flexibility index (Phi) is 11.6. The lowest BCUT2D eigenvalue weighted by molar-refractivity contribution is -0.944. The van der Waals surface area contributed by atoms with Gasteiger partial charge >= 0.3 is 11.9 Å². The Morgan fingerprint density at radius 2 is 1.80 bits per heavy atom. The fraction of sp³-hybridized carbons (Fsp3) is 0.769. The summed E-state index contributed by atoms with van der Waals surface area (Å²) in [6, 6.07) is 0. The van der Waals surface area contributed by atoms with Crippen LogP contribution in [0.15, 0.2) is 6.08 Å². The average molecular weight is 511 g/mol. The summed E-state index contributed by atoms with van der Waals surface area (Å²) >= 11 is 1.17. The van der Waals surface area contributed by atoms with Crippen molar-refractivity contribution in [1.82, 2.24) is 8.75 Å². The number of aromatic nitrogens is 2. The summed E-state index contributed by atoms with van der Waals surface area (Å²) < 4.78 is 26.5. The van der Waals surface area contributed by atoms with Crippen LogP contribution in [-0.2, 0) is 19.1 Å². The van der Waals surface area contributed by atoms with Gasteiger partial charge in [-0.2, -0.15) is 4.37 Å². The van der Waals surface area contributed by atoms with E-state index in [4.69, 9.17) is 14.2 Å². The van der Waals surface area contributed by atoms with E-state index in [1.54, 1.807) is 0 Å². The van der Waals surface area contributed by atoms with Gasteiger partial charge in [0.1, 0.15) is 17.8 Å². The zero-order valence-corrected chi connectivity index (χ0v) is 23.2. The third kappa shape index (κ3) is 10.3. The van der Waals surface area contributed by atoms with Crippen LogP contribution in [0.5, 0.6) is 5.88 Å². The number of likely N-dealkylation sites (N-methyl/N-ethyl adjacent to an activating group) is 1. The molecule has 9 heteroatoms. The van der Waals surface area contributed by atoms with E-state index in [2.05, 4.69) is 28.8 Å². The monoisotopic (exact) mass is 510 g/mol. The summed E-state index contributed by atoms with van der Waals surface area (Å²) in [7, 11) is 2.11. The molecule has 198 valence electrons. The van der Waals surface area contributed by atoms with Crippen LogP contribution in [0.2, 0.25) is 0 Å². The van der Waals surface area contributed by atoms with Crippen LogP contribution < -0.4 is 4.74 Å². The van der Waals surface area contributed by atoms with Crippen molar-refractivity contribution in [2.45, 2.75) is 104 Å². The lowest BCUT2D eigenvalue weighted by atomic mass is 10.0. The SMILES string of the molecule is CCCCCCOc1nsnc1C1=CCC[N+](C)(C(C)OC(=O)CCCCC(=O)OC(C)(C)C)C1. The van der Waals surface area contributed by atoms with Gasteiger partial charge in [-0.3, -0.25) is 14.1 Å². The van der Waals surface area contributed by atoms with Crippen molar-refractivity contribution < 1.29 is 28.3 Å². The molecule has 0 amide bonds. The number of rotatable bonds is 14. The van der Waals surface area contributed by atoms with Gasteiger partial charge in [-0.25, -0.2) is 0 Å². The van der Waals surface area contributed by atoms with Crippen LogP contribution in [0.4, 0.5) is 0 Å². The van der Waals surface area contributed by atoms with Gasteiger partial charge in [-0.05, 0) is 40.0 Å². The number of quaternary nitrogens is 1. The van der Waals surface area contributed by atoms with Gasteiger partial charge in [-0.15, -0.1) is 4.37 Å². The number of esters is 2. The Morgan fingerprint density at radius 1 is 1.09 bits per heavy atom. The number of nitrogens with zero attached hydrogens (tertiary/aromatic N) is 3. The number of ether oxygens (including phenoxy) is 3. The Bertz CT molecular complexity index is 848. The molecule has 0 N–H and O–H groups in total. The third-order valence-electron chi connectivity index (χ3n) is 6.17. The quantitative estimate of drug-likeness (QED) is 0.185. The zero-order valence-electron chi connectivity index (χ0n) is 22.4. The first-order valence-corrected chi connectivity index (χ1v) is 13.7. The van der Waals surface area contributed by atoms with Gasteiger partial charge in [0.15, 0.2) is 0 Å². The minimum absolute atomic E-state index is 0.231. The highest BCUT2D eigenvalue weighted by molar-refractivity contribution is 6.99. The van der Waals surface area contributed by atoms with Crippen molar-refractivity contribution in [1.29, 1.82) is 0 Å². The molecule has 0 aliphatic carbocycles. The first-order valence-electron chi connectivity index (χ1n) is 12.9.